The number of hydrogen-bond donors (Lipinski definition) is 1. The molecule has 168 valence electrons. The smallest absolute Gasteiger partial charge is 0.417 e. The molecular formula is C20H21F3N2O6. The van der Waals surface area contributed by atoms with Crippen LogP contribution < -0.4 is 14.8 Å². The van der Waals surface area contributed by atoms with Gasteiger partial charge in [-0.05, 0) is 44.2 Å². The van der Waals surface area contributed by atoms with Crippen LogP contribution in [0.4, 0.5) is 18.0 Å². The molecule has 1 aromatic heterocycles. The normalized spacial score (nSPS) is 13.0. The molecule has 1 N–H and O–H groups in total. The Labute approximate surface area is 176 Å². The minimum Gasteiger partial charge on any atom is -0.479 e. The highest BCUT2D eigenvalue weighted by molar-refractivity contribution is 5.75. The third-order valence-electron chi connectivity index (χ3n) is 3.79. The highest BCUT2D eigenvalue weighted by Gasteiger charge is 2.30. The maximum absolute atomic E-state index is 12.6. The second kappa shape index (κ2) is 10.5. The van der Waals surface area contributed by atoms with Gasteiger partial charge in [0.05, 0.1) is 19.2 Å². The van der Waals surface area contributed by atoms with Gasteiger partial charge in [-0.2, -0.15) is 13.2 Å². The Morgan fingerprint density at radius 1 is 1.06 bits per heavy atom. The van der Waals surface area contributed by atoms with E-state index in [1.54, 1.807) is 6.92 Å². The lowest BCUT2D eigenvalue weighted by Gasteiger charge is -2.18. The van der Waals surface area contributed by atoms with Crippen molar-refractivity contribution in [1.29, 1.82) is 0 Å². The molecule has 1 heterocycles. The molecule has 31 heavy (non-hydrogen) atoms. The van der Waals surface area contributed by atoms with Crippen molar-refractivity contribution in [2.24, 2.45) is 0 Å². The number of ether oxygens (including phenoxy) is 4. The largest absolute Gasteiger partial charge is 0.479 e. The Hall–Kier alpha value is -3.50. The van der Waals surface area contributed by atoms with Gasteiger partial charge in [-0.15, -0.1) is 0 Å². The number of aromatic nitrogens is 1. The number of esters is 1. The Morgan fingerprint density at radius 3 is 2.26 bits per heavy atom. The summed E-state index contributed by atoms with van der Waals surface area (Å²) in [6, 6.07) is 8.04. The van der Waals surface area contributed by atoms with Crippen LogP contribution in [-0.2, 0) is 20.4 Å². The van der Waals surface area contributed by atoms with Crippen LogP contribution in [0.3, 0.4) is 0 Å². The van der Waals surface area contributed by atoms with Gasteiger partial charge in [0.2, 0.25) is 5.88 Å². The summed E-state index contributed by atoms with van der Waals surface area (Å²) < 4.78 is 58.2. The van der Waals surface area contributed by atoms with E-state index >= 15 is 0 Å². The molecule has 11 heteroatoms. The van der Waals surface area contributed by atoms with Crippen LogP contribution in [0.15, 0.2) is 42.6 Å². The van der Waals surface area contributed by atoms with Gasteiger partial charge >= 0.3 is 18.2 Å². The van der Waals surface area contributed by atoms with Gasteiger partial charge in [0.1, 0.15) is 17.6 Å². The summed E-state index contributed by atoms with van der Waals surface area (Å²) in [6.07, 6.45) is -5.95. The van der Waals surface area contributed by atoms with Crippen molar-refractivity contribution < 1.29 is 41.7 Å². The molecule has 1 aromatic carbocycles. The number of rotatable bonds is 8. The lowest BCUT2D eigenvalue weighted by Crippen LogP contribution is -2.36. The van der Waals surface area contributed by atoms with Crippen molar-refractivity contribution in [3.05, 3.63) is 48.2 Å². The van der Waals surface area contributed by atoms with Crippen LogP contribution in [0.25, 0.3) is 0 Å². The molecule has 0 radical (unpaired) electrons. The summed E-state index contributed by atoms with van der Waals surface area (Å²) in [7, 11) is 1.22. The summed E-state index contributed by atoms with van der Waals surface area (Å²) in [5.41, 5.74) is -0.875. The quantitative estimate of drug-likeness (QED) is 0.619. The lowest BCUT2D eigenvalue weighted by atomic mass is 10.3. The Morgan fingerprint density at radius 2 is 1.71 bits per heavy atom. The van der Waals surface area contributed by atoms with E-state index in [4.69, 9.17) is 14.2 Å². The van der Waals surface area contributed by atoms with E-state index in [9.17, 15) is 22.8 Å². The average molecular weight is 442 g/mol. The van der Waals surface area contributed by atoms with Crippen molar-refractivity contribution >= 4 is 12.1 Å². The summed E-state index contributed by atoms with van der Waals surface area (Å²) in [6.45, 7) is 3.18. The Bertz CT molecular complexity index is 872. The maximum Gasteiger partial charge on any atom is 0.417 e. The van der Waals surface area contributed by atoms with Crippen molar-refractivity contribution in [2.45, 2.75) is 32.2 Å². The molecule has 0 aliphatic carbocycles. The third kappa shape index (κ3) is 7.68. The number of methoxy groups -OCH3 is 1. The van der Waals surface area contributed by atoms with Gasteiger partial charge in [-0.1, -0.05) is 0 Å². The maximum atomic E-state index is 12.6. The number of benzene rings is 1. The molecule has 0 spiro atoms. The summed E-state index contributed by atoms with van der Waals surface area (Å²) in [4.78, 5) is 26.7. The Kier molecular flexibility index (Phi) is 8.06. The van der Waals surface area contributed by atoms with Gasteiger partial charge in [0.25, 0.3) is 0 Å². The molecule has 0 saturated heterocycles. The first-order valence-corrected chi connectivity index (χ1v) is 9.08. The molecule has 2 aromatic rings. The molecule has 0 aliphatic rings. The number of alkyl halides is 3. The second-order valence-electron chi connectivity index (χ2n) is 6.34. The molecule has 0 saturated carbocycles. The van der Waals surface area contributed by atoms with Gasteiger partial charge in [0, 0.05) is 12.3 Å². The van der Waals surface area contributed by atoms with E-state index in [1.807, 2.05) is 0 Å². The van der Waals surface area contributed by atoms with Crippen molar-refractivity contribution in [1.82, 2.24) is 10.3 Å². The van der Waals surface area contributed by atoms with Gasteiger partial charge in [0.15, 0.2) is 6.10 Å². The van der Waals surface area contributed by atoms with Gasteiger partial charge in [-0.3, -0.25) is 0 Å². The highest BCUT2D eigenvalue weighted by atomic mass is 19.4. The van der Waals surface area contributed by atoms with Gasteiger partial charge in [-0.25, -0.2) is 14.6 Å². The fraction of sp³-hybridized carbons (Fsp3) is 0.350. The van der Waals surface area contributed by atoms with Crippen LogP contribution in [0, 0.1) is 0 Å². The average Bonchev–Trinajstić information content (AvgIpc) is 2.73. The summed E-state index contributed by atoms with van der Waals surface area (Å²) >= 11 is 0. The zero-order valence-corrected chi connectivity index (χ0v) is 16.9. The lowest BCUT2D eigenvalue weighted by molar-refractivity contribution is -0.155. The second-order valence-corrected chi connectivity index (χ2v) is 6.34. The summed E-state index contributed by atoms with van der Waals surface area (Å²) in [5, 5.41) is 2.41. The molecule has 8 nitrogen and oxygen atoms in total. The minimum atomic E-state index is -4.47. The number of pyridine rings is 1. The zero-order chi connectivity index (χ0) is 23.0. The highest BCUT2D eigenvalue weighted by Crippen LogP contribution is 2.30. The monoisotopic (exact) mass is 442 g/mol. The standard InChI is InChI=1S/C20H21F3N2O6/c1-12(10-25-19(27)28-3)29-18(26)13(2)30-15-5-7-16(8-6-15)31-17-9-4-14(11-24-17)20(21,22)23/h4-9,11-13H,10H2,1-3H3,(H,25,27)/t12?,13-/m1/s1. The number of hydrogen-bond acceptors (Lipinski definition) is 7. The number of carbonyl (C=O) groups is 2. The van der Waals surface area contributed by atoms with Crippen molar-refractivity contribution in [3.63, 3.8) is 0 Å². The minimum absolute atomic E-state index is 0.00633. The zero-order valence-electron chi connectivity index (χ0n) is 16.9. The van der Waals surface area contributed by atoms with Crippen LogP contribution in [0.2, 0.25) is 0 Å². The summed E-state index contributed by atoms with van der Waals surface area (Å²) in [5.74, 6) is 0.0245. The topological polar surface area (TPSA) is 96.0 Å². The fourth-order valence-corrected chi connectivity index (χ4v) is 2.20. The molecule has 0 fully saturated rings. The van der Waals surface area contributed by atoms with Crippen LogP contribution in [0.1, 0.15) is 19.4 Å². The van der Waals surface area contributed by atoms with E-state index in [-0.39, 0.29) is 12.4 Å². The molecule has 0 bridgehead atoms. The number of alkyl carbamates (subject to hydrolysis) is 1. The molecule has 1 amide bonds. The number of carbonyl (C=O) groups excluding carboxylic acids is 2. The van der Waals surface area contributed by atoms with E-state index in [2.05, 4.69) is 15.0 Å². The van der Waals surface area contributed by atoms with Crippen molar-refractivity contribution in [2.75, 3.05) is 13.7 Å². The van der Waals surface area contributed by atoms with Crippen molar-refractivity contribution in [3.8, 4) is 17.4 Å². The van der Waals surface area contributed by atoms with Gasteiger partial charge < -0.3 is 24.3 Å². The van der Waals surface area contributed by atoms with E-state index in [1.165, 1.54) is 38.3 Å². The predicted octanol–water partition coefficient (Wildman–Crippen LogP) is 3.95. The molecular weight excluding hydrogens is 421 g/mol. The van der Waals surface area contributed by atoms with E-state index in [0.717, 1.165) is 12.1 Å². The number of halogens is 3. The molecule has 2 atom stereocenters. The third-order valence-corrected chi connectivity index (χ3v) is 3.79. The van der Waals surface area contributed by atoms with Crippen LogP contribution in [-0.4, -0.2) is 42.9 Å². The fourth-order valence-electron chi connectivity index (χ4n) is 2.20. The molecule has 0 aliphatic heterocycles. The van der Waals surface area contributed by atoms with E-state index in [0.29, 0.717) is 17.7 Å². The first-order valence-electron chi connectivity index (χ1n) is 9.08. The molecule has 1 unspecified atom stereocenters. The first kappa shape index (κ1) is 23.8. The number of amides is 1. The van der Waals surface area contributed by atoms with E-state index < -0.39 is 36.0 Å². The SMILES string of the molecule is COC(=O)NCC(C)OC(=O)[C@@H](C)Oc1ccc(Oc2ccc(C(F)(F)F)cn2)cc1. The first-order chi connectivity index (χ1) is 14.6. The predicted molar refractivity (Wildman–Crippen MR) is 102 cm³/mol. The Balaban J connectivity index is 1.85. The molecule has 2 rings (SSSR count). The number of nitrogens with one attached hydrogen (secondary N) is 1. The van der Waals surface area contributed by atoms with Crippen LogP contribution >= 0.6 is 0 Å². The van der Waals surface area contributed by atoms with Crippen LogP contribution in [0.5, 0.6) is 17.4 Å². The number of nitrogens with zero attached hydrogens (tertiary/aromatic N) is 1.